The molecule has 1 aliphatic rings. The third-order valence-electron chi connectivity index (χ3n) is 6.70. The molecule has 1 amide bonds. The summed E-state index contributed by atoms with van der Waals surface area (Å²) in [5, 5.41) is 16.0. The van der Waals surface area contributed by atoms with Crippen LogP contribution < -0.4 is 20.1 Å². The Bertz CT molecular complexity index is 1360. The molecule has 0 spiro atoms. The molecule has 1 aromatic heterocycles. The predicted octanol–water partition coefficient (Wildman–Crippen LogP) is 4.84. The van der Waals surface area contributed by atoms with Crippen LogP contribution in [0.3, 0.4) is 0 Å². The summed E-state index contributed by atoms with van der Waals surface area (Å²) >= 11 is 0. The van der Waals surface area contributed by atoms with Crippen LogP contribution in [0.25, 0.3) is 0 Å². The van der Waals surface area contributed by atoms with Crippen LogP contribution in [-0.2, 0) is 12.0 Å². The van der Waals surface area contributed by atoms with E-state index >= 15 is 0 Å². The molecule has 1 saturated heterocycles. The average molecular weight is 533 g/mol. The molecule has 0 radical (unpaired) electrons. The van der Waals surface area contributed by atoms with E-state index in [-0.39, 0.29) is 16.7 Å². The molecule has 206 valence electrons. The number of carboxylic acids is 1. The average Bonchev–Trinajstić information content (AvgIpc) is 2.89. The van der Waals surface area contributed by atoms with Crippen molar-refractivity contribution in [3.05, 3.63) is 76.6 Å². The van der Waals surface area contributed by atoms with Gasteiger partial charge in [0.1, 0.15) is 17.1 Å². The minimum absolute atomic E-state index is 0.0116. The highest BCUT2D eigenvalue weighted by atomic mass is 16.5. The number of rotatable bonds is 8. The molecule has 0 aliphatic carbocycles. The summed E-state index contributed by atoms with van der Waals surface area (Å²) in [7, 11) is 1.39. The van der Waals surface area contributed by atoms with E-state index in [0.29, 0.717) is 22.7 Å². The summed E-state index contributed by atoms with van der Waals surface area (Å²) in [6.07, 6.45) is 1.73. The SMILES string of the molecule is COc1c(NC(=O)c2ccc(C)c(Oc3ccnc(CN4CCNCC4)c3)c2)cc(C(C)(C)C)cc1C(=O)O. The van der Waals surface area contributed by atoms with E-state index in [9.17, 15) is 14.7 Å². The number of piperazine rings is 1. The number of carboxylic acid groups (broad SMARTS) is 1. The molecule has 0 unspecified atom stereocenters. The van der Waals surface area contributed by atoms with E-state index < -0.39 is 11.9 Å². The normalized spacial score (nSPS) is 14.1. The first-order chi connectivity index (χ1) is 18.5. The molecular formula is C30H36N4O5. The predicted molar refractivity (Wildman–Crippen MR) is 150 cm³/mol. The first-order valence-electron chi connectivity index (χ1n) is 13.0. The molecule has 0 atom stereocenters. The van der Waals surface area contributed by atoms with Gasteiger partial charge in [0.2, 0.25) is 0 Å². The third-order valence-corrected chi connectivity index (χ3v) is 6.70. The van der Waals surface area contributed by atoms with E-state index in [1.807, 2.05) is 39.8 Å². The molecule has 9 heteroatoms. The molecule has 1 aliphatic heterocycles. The topological polar surface area (TPSA) is 113 Å². The van der Waals surface area contributed by atoms with Crippen LogP contribution in [0.15, 0.2) is 48.7 Å². The second kappa shape index (κ2) is 11.8. The number of aryl methyl sites for hydroxylation is 1. The van der Waals surface area contributed by atoms with Crippen molar-refractivity contribution in [1.82, 2.24) is 15.2 Å². The third kappa shape index (κ3) is 6.93. The van der Waals surface area contributed by atoms with Gasteiger partial charge in [0.25, 0.3) is 5.91 Å². The van der Waals surface area contributed by atoms with E-state index in [1.54, 1.807) is 36.5 Å². The molecule has 2 aromatic carbocycles. The Balaban J connectivity index is 1.57. The summed E-state index contributed by atoms with van der Waals surface area (Å²) in [6, 6.07) is 12.3. The quantitative estimate of drug-likeness (QED) is 0.378. The highest BCUT2D eigenvalue weighted by molar-refractivity contribution is 6.06. The van der Waals surface area contributed by atoms with Gasteiger partial charge in [0, 0.05) is 50.6 Å². The van der Waals surface area contributed by atoms with Gasteiger partial charge in [-0.1, -0.05) is 26.8 Å². The molecule has 0 bridgehead atoms. The Labute approximate surface area is 229 Å². The van der Waals surface area contributed by atoms with Gasteiger partial charge in [0.15, 0.2) is 5.75 Å². The molecule has 1 fully saturated rings. The lowest BCUT2D eigenvalue weighted by atomic mass is 9.85. The fraction of sp³-hybridized carbons (Fsp3) is 0.367. The zero-order chi connectivity index (χ0) is 28.2. The Kier molecular flexibility index (Phi) is 8.52. The number of carbonyl (C=O) groups excluding carboxylic acids is 1. The number of aromatic nitrogens is 1. The molecule has 0 saturated carbocycles. The summed E-state index contributed by atoms with van der Waals surface area (Å²) in [6.45, 7) is 12.5. The number of aromatic carboxylic acids is 1. The minimum Gasteiger partial charge on any atom is -0.494 e. The second-order valence-corrected chi connectivity index (χ2v) is 10.7. The van der Waals surface area contributed by atoms with Crippen molar-refractivity contribution in [3.8, 4) is 17.2 Å². The zero-order valence-corrected chi connectivity index (χ0v) is 23.1. The van der Waals surface area contributed by atoms with Crippen LogP contribution >= 0.6 is 0 Å². The largest absolute Gasteiger partial charge is 0.494 e. The molecule has 3 aromatic rings. The summed E-state index contributed by atoms with van der Waals surface area (Å²) < 4.78 is 11.6. The number of methoxy groups -OCH3 is 1. The maximum atomic E-state index is 13.3. The molecule has 9 nitrogen and oxygen atoms in total. The van der Waals surface area contributed by atoms with Crippen LogP contribution in [0.2, 0.25) is 0 Å². The summed E-state index contributed by atoms with van der Waals surface area (Å²) in [5.41, 5.74) is 2.86. The minimum atomic E-state index is -1.13. The van der Waals surface area contributed by atoms with Crippen molar-refractivity contribution in [2.45, 2.75) is 39.7 Å². The Morgan fingerprint density at radius 2 is 1.85 bits per heavy atom. The van der Waals surface area contributed by atoms with E-state index in [4.69, 9.17) is 9.47 Å². The Morgan fingerprint density at radius 3 is 2.51 bits per heavy atom. The number of anilines is 1. The number of carbonyl (C=O) groups is 2. The molecule has 3 N–H and O–H groups in total. The number of hydrogen-bond acceptors (Lipinski definition) is 7. The fourth-order valence-corrected chi connectivity index (χ4v) is 4.41. The number of amides is 1. The highest BCUT2D eigenvalue weighted by Gasteiger charge is 2.24. The molecule has 4 rings (SSSR count). The van der Waals surface area contributed by atoms with Gasteiger partial charge < -0.3 is 25.2 Å². The first-order valence-corrected chi connectivity index (χ1v) is 13.0. The number of benzene rings is 2. The number of pyridine rings is 1. The van der Waals surface area contributed by atoms with Gasteiger partial charge in [-0.15, -0.1) is 0 Å². The van der Waals surface area contributed by atoms with Gasteiger partial charge in [-0.25, -0.2) is 4.79 Å². The Morgan fingerprint density at radius 1 is 1.10 bits per heavy atom. The second-order valence-electron chi connectivity index (χ2n) is 10.7. The van der Waals surface area contributed by atoms with Crippen molar-refractivity contribution in [2.24, 2.45) is 0 Å². The maximum Gasteiger partial charge on any atom is 0.339 e. The van der Waals surface area contributed by atoms with Crippen molar-refractivity contribution in [3.63, 3.8) is 0 Å². The molecule has 2 heterocycles. The van der Waals surface area contributed by atoms with Crippen LogP contribution in [0.5, 0.6) is 17.2 Å². The van der Waals surface area contributed by atoms with Gasteiger partial charge in [0.05, 0.1) is 18.5 Å². The van der Waals surface area contributed by atoms with Crippen molar-refractivity contribution < 1.29 is 24.2 Å². The lowest BCUT2D eigenvalue weighted by Gasteiger charge is -2.26. The van der Waals surface area contributed by atoms with E-state index in [1.165, 1.54) is 7.11 Å². The number of nitrogens with zero attached hydrogens (tertiary/aromatic N) is 2. The lowest BCUT2D eigenvalue weighted by molar-refractivity contribution is 0.0692. The maximum absolute atomic E-state index is 13.3. The van der Waals surface area contributed by atoms with Crippen molar-refractivity contribution in [1.29, 1.82) is 0 Å². The monoisotopic (exact) mass is 532 g/mol. The number of hydrogen-bond donors (Lipinski definition) is 3. The number of ether oxygens (including phenoxy) is 2. The van der Waals surface area contributed by atoms with Crippen molar-refractivity contribution >= 4 is 17.6 Å². The van der Waals surface area contributed by atoms with Gasteiger partial charge >= 0.3 is 5.97 Å². The Hall–Kier alpha value is -3.95. The lowest BCUT2D eigenvalue weighted by Crippen LogP contribution is -2.43. The van der Waals surface area contributed by atoms with Gasteiger partial charge in [-0.2, -0.15) is 0 Å². The fourth-order valence-electron chi connectivity index (χ4n) is 4.41. The molecular weight excluding hydrogens is 496 g/mol. The van der Waals surface area contributed by atoms with E-state index in [0.717, 1.165) is 49.5 Å². The standard InChI is InChI=1S/C30H36N4O5/c1-19-6-7-20(14-26(19)39-23-8-9-32-22(17-23)18-34-12-10-31-11-13-34)28(35)33-25-16-21(30(2,3)4)15-24(29(36)37)27(25)38-5/h6-9,14-17,31H,10-13,18H2,1-5H3,(H,33,35)(H,36,37). The van der Waals surface area contributed by atoms with Crippen LogP contribution in [-0.4, -0.2) is 60.2 Å². The zero-order valence-electron chi connectivity index (χ0n) is 23.1. The highest BCUT2D eigenvalue weighted by Crippen LogP contribution is 2.36. The smallest absolute Gasteiger partial charge is 0.339 e. The van der Waals surface area contributed by atoms with Crippen molar-refractivity contribution in [2.75, 3.05) is 38.6 Å². The van der Waals surface area contributed by atoms with E-state index in [2.05, 4.69) is 20.5 Å². The number of nitrogens with one attached hydrogen (secondary N) is 2. The molecule has 39 heavy (non-hydrogen) atoms. The van der Waals surface area contributed by atoms with Crippen LogP contribution in [0.4, 0.5) is 5.69 Å². The van der Waals surface area contributed by atoms with Crippen LogP contribution in [0.1, 0.15) is 58.3 Å². The first kappa shape index (κ1) is 28.1. The van der Waals surface area contributed by atoms with Gasteiger partial charge in [-0.3, -0.25) is 14.7 Å². The summed E-state index contributed by atoms with van der Waals surface area (Å²) in [4.78, 5) is 32.1. The van der Waals surface area contributed by atoms with Crippen LogP contribution in [0, 0.1) is 6.92 Å². The van der Waals surface area contributed by atoms with Gasteiger partial charge in [-0.05, 0) is 53.8 Å². The summed E-state index contributed by atoms with van der Waals surface area (Å²) in [5.74, 6) is -0.255.